The van der Waals surface area contributed by atoms with Gasteiger partial charge in [0.1, 0.15) is 5.78 Å². The number of halogens is 1. The molecule has 0 saturated heterocycles. The van der Waals surface area contributed by atoms with Crippen LogP contribution in [0.5, 0.6) is 0 Å². The Bertz CT molecular complexity index is 188. The van der Waals surface area contributed by atoms with Crippen molar-refractivity contribution in [3.8, 4) is 0 Å². The Kier molecular flexibility index (Phi) is 4.54. The first-order chi connectivity index (χ1) is 5.36. The maximum atomic E-state index is 11.0. The number of carbonyl (C=O) groups is 1. The van der Waals surface area contributed by atoms with E-state index in [1.165, 1.54) is 12.5 Å². The number of alkyl halides is 1. The summed E-state index contributed by atoms with van der Waals surface area (Å²) in [5, 5.41) is 0. The molecule has 0 aromatic rings. The molecular formula is C10H17ClO. The van der Waals surface area contributed by atoms with Crippen LogP contribution in [0.2, 0.25) is 0 Å². The van der Waals surface area contributed by atoms with Crippen molar-refractivity contribution in [3.63, 3.8) is 0 Å². The molecule has 0 aromatic carbocycles. The minimum absolute atomic E-state index is 0.0475. The van der Waals surface area contributed by atoms with Gasteiger partial charge in [-0.15, -0.1) is 11.6 Å². The van der Waals surface area contributed by atoms with Gasteiger partial charge in [-0.1, -0.05) is 11.6 Å². The second kappa shape index (κ2) is 4.66. The zero-order valence-electron chi connectivity index (χ0n) is 8.28. The molecule has 0 aliphatic heterocycles. The summed E-state index contributed by atoms with van der Waals surface area (Å²) in [7, 11) is 0. The van der Waals surface area contributed by atoms with E-state index in [4.69, 9.17) is 11.6 Å². The minimum atomic E-state index is -0.675. The largest absolute Gasteiger partial charge is 0.298 e. The Morgan fingerprint density at radius 2 is 1.92 bits per heavy atom. The summed E-state index contributed by atoms with van der Waals surface area (Å²) in [6, 6.07) is 0. The summed E-state index contributed by atoms with van der Waals surface area (Å²) < 4.78 is 0. The van der Waals surface area contributed by atoms with Crippen molar-refractivity contribution in [1.82, 2.24) is 0 Å². The lowest BCUT2D eigenvalue weighted by molar-refractivity contribution is -0.119. The first-order valence-electron chi connectivity index (χ1n) is 4.19. The number of allylic oxidation sites excluding steroid dienone is 2. The van der Waals surface area contributed by atoms with Crippen LogP contribution in [-0.2, 0) is 4.79 Å². The van der Waals surface area contributed by atoms with Crippen LogP contribution in [0.1, 0.15) is 40.5 Å². The highest BCUT2D eigenvalue weighted by Crippen LogP contribution is 2.22. The summed E-state index contributed by atoms with van der Waals surface area (Å²) >= 11 is 5.98. The van der Waals surface area contributed by atoms with Crippen LogP contribution in [0.15, 0.2) is 11.6 Å². The minimum Gasteiger partial charge on any atom is -0.298 e. The fraction of sp³-hybridized carbons (Fsp3) is 0.700. The third-order valence-electron chi connectivity index (χ3n) is 1.90. The molecule has 0 radical (unpaired) electrons. The van der Waals surface area contributed by atoms with E-state index >= 15 is 0 Å². The second-order valence-corrected chi connectivity index (χ2v) is 4.41. The van der Waals surface area contributed by atoms with Gasteiger partial charge in [-0.2, -0.15) is 0 Å². The van der Waals surface area contributed by atoms with Crippen LogP contribution in [0, 0.1) is 0 Å². The number of hydrogen-bond acceptors (Lipinski definition) is 1. The summed E-state index contributed by atoms with van der Waals surface area (Å²) in [6.07, 6.45) is 3.69. The quantitative estimate of drug-likeness (QED) is 0.489. The monoisotopic (exact) mass is 188 g/mol. The van der Waals surface area contributed by atoms with E-state index in [9.17, 15) is 4.79 Å². The predicted molar refractivity (Wildman–Crippen MR) is 53.6 cm³/mol. The third kappa shape index (κ3) is 4.55. The standard InChI is InChI=1S/C10H17ClO/c1-8(2)6-5-7-10(4,11)9(3)12/h6H,5,7H2,1-4H3. The van der Waals surface area contributed by atoms with Crippen LogP contribution in [0.25, 0.3) is 0 Å². The molecule has 0 amide bonds. The maximum Gasteiger partial charge on any atom is 0.150 e. The van der Waals surface area contributed by atoms with Gasteiger partial charge in [0, 0.05) is 0 Å². The molecule has 0 rings (SSSR count). The zero-order valence-corrected chi connectivity index (χ0v) is 9.03. The van der Waals surface area contributed by atoms with Crippen molar-refractivity contribution in [1.29, 1.82) is 0 Å². The Hall–Kier alpha value is -0.300. The maximum absolute atomic E-state index is 11.0. The van der Waals surface area contributed by atoms with Crippen LogP contribution >= 0.6 is 11.6 Å². The molecule has 0 aliphatic carbocycles. The molecule has 70 valence electrons. The normalized spacial score (nSPS) is 15.1. The summed E-state index contributed by atoms with van der Waals surface area (Å²) in [6.45, 7) is 7.39. The molecule has 0 aliphatic rings. The van der Waals surface area contributed by atoms with Crippen LogP contribution in [-0.4, -0.2) is 10.7 Å². The van der Waals surface area contributed by atoms with Crippen molar-refractivity contribution in [3.05, 3.63) is 11.6 Å². The molecule has 0 saturated carbocycles. The van der Waals surface area contributed by atoms with Crippen molar-refractivity contribution >= 4 is 17.4 Å². The van der Waals surface area contributed by atoms with Gasteiger partial charge in [-0.05, 0) is 40.5 Å². The smallest absolute Gasteiger partial charge is 0.150 e. The van der Waals surface area contributed by atoms with Crippen molar-refractivity contribution in [2.24, 2.45) is 0 Å². The summed E-state index contributed by atoms with van der Waals surface area (Å²) in [5.74, 6) is 0.0475. The van der Waals surface area contributed by atoms with Gasteiger partial charge in [-0.25, -0.2) is 0 Å². The summed E-state index contributed by atoms with van der Waals surface area (Å²) in [5.41, 5.74) is 1.27. The molecule has 1 nitrogen and oxygen atoms in total. The molecule has 12 heavy (non-hydrogen) atoms. The predicted octanol–water partition coefficient (Wildman–Crippen LogP) is 3.32. The molecule has 0 fully saturated rings. The van der Waals surface area contributed by atoms with Crippen LogP contribution < -0.4 is 0 Å². The van der Waals surface area contributed by atoms with Crippen molar-refractivity contribution in [2.45, 2.75) is 45.4 Å². The van der Waals surface area contributed by atoms with Gasteiger partial charge in [0.05, 0.1) is 4.87 Å². The first kappa shape index (κ1) is 11.7. The van der Waals surface area contributed by atoms with Crippen molar-refractivity contribution in [2.75, 3.05) is 0 Å². The lowest BCUT2D eigenvalue weighted by atomic mass is 10.00. The van der Waals surface area contributed by atoms with Crippen LogP contribution in [0.3, 0.4) is 0 Å². The zero-order chi connectivity index (χ0) is 9.78. The molecule has 1 unspecified atom stereocenters. The van der Waals surface area contributed by atoms with E-state index in [1.807, 2.05) is 13.8 Å². The number of rotatable bonds is 4. The Morgan fingerprint density at radius 3 is 2.25 bits per heavy atom. The molecule has 0 heterocycles. The van der Waals surface area contributed by atoms with Gasteiger partial charge in [0.15, 0.2) is 0 Å². The SMILES string of the molecule is CC(=O)C(C)(Cl)CCC=C(C)C. The lowest BCUT2D eigenvalue weighted by Crippen LogP contribution is -2.25. The van der Waals surface area contributed by atoms with Crippen molar-refractivity contribution < 1.29 is 4.79 Å². The number of Topliss-reactive ketones (excluding diaryl/α,β-unsaturated/α-hetero) is 1. The van der Waals surface area contributed by atoms with Crippen LogP contribution in [0.4, 0.5) is 0 Å². The van der Waals surface area contributed by atoms with E-state index in [0.29, 0.717) is 0 Å². The average molecular weight is 189 g/mol. The fourth-order valence-corrected chi connectivity index (χ4v) is 0.917. The highest BCUT2D eigenvalue weighted by Gasteiger charge is 2.25. The van der Waals surface area contributed by atoms with Gasteiger partial charge < -0.3 is 0 Å². The van der Waals surface area contributed by atoms with Gasteiger partial charge in [0.25, 0.3) is 0 Å². The molecule has 1 atom stereocenters. The van der Waals surface area contributed by atoms with E-state index in [1.54, 1.807) is 6.92 Å². The molecule has 0 bridgehead atoms. The molecule has 0 N–H and O–H groups in total. The topological polar surface area (TPSA) is 17.1 Å². The van der Waals surface area contributed by atoms with E-state index in [-0.39, 0.29) is 5.78 Å². The fourth-order valence-electron chi connectivity index (χ4n) is 0.808. The Labute approximate surface area is 79.8 Å². The average Bonchev–Trinajstić information content (AvgIpc) is 1.85. The Morgan fingerprint density at radius 1 is 1.42 bits per heavy atom. The highest BCUT2D eigenvalue weighted by molar-refractivity contribution is 6.34. The number of hydrogen-bond donors (Lipinski definition) is 0. The highest BCUT2D eigenvalue weighted by atomic mass is 35.5. The molecule has 0 aromatic heterocycles. The second-order valence-electron chi connectivity index (χ2n) is 3.57. The Balaban J connectivity index is 3.93. The van der Waals surface area contributed by atoms with E-state index in [2.05, 4.69) is 6.08 Å². The molecule has 0 spiro atoms. The first-order valence-corrected chi connectivity index (χ1v) is 4.57. The molecular weight excluding hydrogens is 172 g/mol. The van der Waals surface area contributed by atoms with Gasteiger partial charge in [-0.3, -0.25) is 4.79 Å². The third-order valence-corrected chi connectivity index (χ3v) is 2.36. The summed E-state index contributed by atoms with van der Waals surface area (Å²) in [4.78, 5) is 10.3. The molecule has 2 heteroatoms. The van der Waals surface area contributed by atoms with Gasteiger partial charge >= 0.3 is 0 Å². The number of carbonyl (C=O) groups excluding carboxylic acids is 1. The van der Waals surface area contributed by atoms with E-state index in [0.717, 1.165) is 12.8 Å². The van der Waals surface area contributed by atoms with Gasteiger partial charge in [0.2, 0.25) is 0 Å². The van der Waals surface area contributed by atoms with E-state index < -0.39 is 4.87 Å². The number of ketones is 1. The lowest BCUT2D eigenvalue weighted by Gasteiger charge is -2.16.